The highest BCUT2D eigenvalue weighted by molar-refractivity contribution is 6.30. The number of hydrazone groups is 1. The van der Waals surface area contributed by atoms with Crippen LogP contribution in [0.2, 0.25) is 5.02 Å². The summed E-state index contributed by atoms with van der Waals surface area (Å²) in [7, 11) is 0. The van der Waals surface area contributed by atoms with Gasteiger partial charge < -0.3 is 9.84 Å². The van der Waals surface area contributed by atoms with Crippen LogP contribution in [0.5, 0.6) is 11.5 Å². The molecule has 1 N–H and O–H groups in total. The first-order valence-corrected chi connectivity index (χ1v) is 7.16. The Kier molecular flexibility index (Phi) is 2.79. The van der Waals surface area contributed by atoms with Crippen molar-refractivity contribution in [2.24, 2.45) is 11.0 Å². The number of phenolic OH excluding ortho intramolecular Hbond substituents is 1. The van der Waals surface area contributed by atoms with Crippen molar-refractivity contribution in [2.75, 3.05) is 18.2 Å². The number of rotatable bonds is 1. The summed E-state index contributed by atoms with van der Waals surface area (Å²) in [6.07, 6.45) is 0. The highest BCUT2D eigenvalue weighted by atomic mass is 35.5. The fourth-order valence-electron chi connectivity index (χ4n) is 2.76. The lowest BCUT2D eigenvalue weighted by molar-refractivity contribution is 0.279. The van der Waals surface area contributed by atoms with Crippen LogP contribution in [0.15, 0.2) is 47.6 Å². The van der Waals surface area contributed by atoms with Gasteiger partial charge in [0, 0.05) is 16.7 Å². The Labute approximate surface area is 127 Å². The van der Waals surface area contributed by atoms with Gasteiger partial charge in [-0.05, 0) is 36.4 Å². The third-order valence-electron chi connectivity index (χ3n) is 3.81. The number of hydrogen-bond donors (Lipinski definition) is 1. The molecule has 2 aromatic carbocycles. The Morgan fingerprint density at radius 3 is 2.81 bits per heavy atom. The topological polar surface area (TPSA) is 45.1 Å². The van der Waals surface area contributed by atoms with Gasteiger partial charge >= 0.3 is 0 Å². The van der Waals surface area contributed by atoms with E-state index in [0.29, 0.717) is 17.4 Å². The average Bonchev–Trinajstić information content (AvgIpc) is 2.92. The van der Waals surface area contributed by atoms with Crippen LogP contribution in [-0.4, -0.2) is 24.0 Å². The molecule has 0 amide bonds. The van der Waals surface area contributed by atoms with Gasteiger partial charge in [-0.2, -0.15) is 5.10 Å². The predicted octanol–water partition coefficient (Wildman–Crippen LogP) is 3.28. The summed E-state index contributed by atoms with van der Waals surface area (Å²) in [4.78, 5) is 0. The molecule has 0 saturated heterocycles. The molecule has 2 heterocycles. The fraction of sp³-hybridized carbons (Fsp3) is 0.188. The monoisotopic (exact) mass is 300 g/mol. The SMILES string of the molecule is Oc1ccc2c(c1)OCC1CN(c3ccc(Cl)cc3)N=C21. The van der Waals surface area contributed by atoms with Crippen molar-refractivity contribution in [1.29, 1.82) is 0 Å². The minimum absolute atomic E-state index is 0.209. The average molecular weight is 301 g/mol. The third kappa shape index (κ3) is 2.12. The van der Waals surface area contributed by atoms with Gasteiger partial charge in [0.2, 0.25) is 0 Å². The normalized spacial score (nSPS) is 19.6. The predicted molar refractivity (Wildman–Crippen MR) is 82.4 cm³/mol. The van der Waals surface area contributed by atoms with Crippen LogP contribution in [0, 0.1) is 5.92 Å². The van der Waals surface area contributed by atoms with E-state index in [2.05, 4.69) is 0 Å². The highest BCUT2D eigenvalue weighted by Crippen LogP contribution is 2.35. The molecule has 4 nitrogen and oxygen atoms in total. The van der Waals surface area contributed by atoms with Gasteiger partial charge in [-0.1, -0.05) is 11.6 Å². The second kappa shape index (κ2) is 4.67. The number of aromatic hydroxyl groups is 1. The number of anilines is 1. The first-order valence-electron chi connectivity index (χ1n) is 6.78. The highest BCUT2D eigenvalue weighted by Gasteiger charge is 2.34. The van der Waals surface area contributed by atoms with Crippen LogP contribution in [0.3, 0.4) is 0 Å². The summed E-state index contributed by atoms with van der Waals surface area (Å²) in [6.45, 7) is 1.37. The standard InChI is InChI=1S/C16H13ClN2O2/c17-11-1-3-12(4-2-11)19-8-10-9-21-15-7-13(20)5-6-14(15)16(10)18-19/h1-7,10,20H,8-9H2. The maximum Gasteiger partial charge on any atom is 0.132 e. The number of phenols is 1. The Hall–Kier alpha value is -2.20. The minimum Gasteiger partial charge on any atom is -0.508 e. The number of nitrogens with zero attached hydrogens (tertiary/aromatic N) is 2. The third-order valence-corrected chi connectivity index (χ3v) is 4.07. The minimum atomic E-state index is 0.209. The Bertz CT molecular complexity index is 728. The molecule has 2 aromatic rings. The molecule has 4 rings (SSSR count). The molecule has 0 fully saturated rings. The van der Waals surface area contributed by atoms with Gasteiger partial charge in [0.25, 0.3) is 0 Å². The van der Waals surface area contributed by atoms with Gasteiger partial charge in [0.1, 0.15) is 11.5 Å². The van der Waals surface area contributed by atoms with E-state index in [1.807, 2.05) is 35.3 Å². The molecule has 5 heteroatoms. The van der Waals surface area contributed by atoms with E-state index in [1.165, 1.54) is 0 Å². The van der Waals surface area contributed by atoms with Crippen molar-refractivity contribution < 1.29 is 9.84 Å². The summed E-state index contributed by atoms with van der Waals surface area (Å²) in [5.74, 6) is 1.15. The van der Waals surface area contributed by atoms with Gasteiger partial charge in [0.05, 0.1) is 30.5 Å². The molecule has 0 radical (unpaired) electrons. The first kappa shape index (κ1) is 12.5. The lowest BCUT2D eigenvalue weighted by Gasteiger charge is -2.22. The lowest BCUT2D eigenvalue weighted by atomic mass is 9.95. The lowest BCUT2D eigenvalue weighted by Crippen LogP contribution is -2.29. The summed E-state index contributed by atoms with van der Waals surface area (Å²) < 4.78 is 5.73. The molecule has 106 valence electrons. The molecule has 0 aromatic heterocycles. The quantitative estimate of drug-likeness (QED) is 0.879. The van der Waals surface area contributed by atoms with Crippen molar-refractivity contribution in [1.82, 2.24) is 0 Å². The van der Waals surface area contributed by atoms with Crippen LogP contribution in [0.4, 0.5) is 5.69 Å². The Balaban J connectivity index is 1.72. The molecular formula is C16H13ClN2O2. The molecule has 0 aliphatic carbocycles. The van der Waals surface area contributed by atoms with Crippen LogP contribution in [0.1, 0.15) is 5.56 Å². The molecule has 0 spiro atoms. The van der Waals surface area contributed by atoms with Crippen LogP contribution in [-0.2, 0) is 0 Å². The number of ether oxygens (including phenoxy) is 1. The second-order valence-corrected chi connectivity index (χ2v) is 5.67. The maximum absolute atomic E-state index is 9.54. The van der Waals surface area contributed by atoms with E-state index in [1.54, 1.807) is 12.1 Å². The molecule has 2 aliphatic heterocycles. The number of fused-ring (bicyclic) bond motifs is 3. The summed E-state index contributed by atoms with van der Waals surface area (Å²) >= 11 is 5.92. The first-order chi connectivity index (χ1) is 10.2. The van der Waals surface area contributed by atoms with E-state index in [4.69, 9.17) is 21.4 Å². The number of halogens is 1. The molecule has 2 aliphatic rings. The van der Waals surface area contributed by atoms with Gasteiger partial charge in [-0.25, -0.2) is 0 Å². The summed E-state index contributed by atoms with van der Waals surface area (Å²) in [6, 6.07) is 12.8. The molecule has 21 heavy (non-hydrogen) atoms. The zero-order valence-electron chi connectivity index (χ0n) is 11.2. The van der Waals surface area contributed by atoms with Crippen LogP contribution >= 0.6 is 11.6 Å². The van der Waals surface area contributed by atoms with Crippen molar-refractivity contribution in [2.45, 2.75) is 0 Å². The fourth-order valence-corrected chi connectivity index (χ4v) is 2.89. The van der Waals surface area contributed by atoms with E-state index in [9.17, 15) is 5.11 Å². The summed E-state index contributed by atoms with van der Waals surface area (Å²) in [5, 5.41) is 17.0. The molecule has 1 atom stereocenters. The van der Waals surface area contributed by atoms with E-state index >= 15 is 0 Å². The van der Waals surface area contributed by atoms with E-state index < -0.39 is 0 Å². The Morgan fingerprint density at radius 2 is 2.00 bits per heavy atom. The number of benzene rings is 2. The summed E-state index contributed by atoms with van der Waals surface area (Å²) in [5.41, 5.74) is 2.99. The zero-order valence-corrected chi connectivity index (χ0v) is 11.9. The second-order valence-electron chi connectivity index (χ2n) is 5.23. The largest absolute Gasteiger partial charge is 0.508 e. The number of hydrogen-bond acceptors (Lipinski definition) is 4. The van der Waals surface area contributed by atoms with E-state index in [-0.39, 0.29) is 11.7 Å². The zero-order chi connectivity index (χ0) is 14.4. The van der Waals surface area contributed by atoms with Crippen molar-refractivity contribution >= 4 is 23.0 Å². The van der Waals surface area contributed by atoms with Crippen molar-refractivity contribution in [3.05, 3.63) is 53.1 Å². The molecule has 1 unspecified atom stereocenters. The molecule has 0 bridgehead atoms. The maximum atomic E-state index is 9.54. The van der Waals surface area contributed by atoms with Gasteiger partial charge in [0.15, 0.2) is 0 Å². The van der Waals surface area contributed by atoms with Gasteiger partial charge in [-0.3, -0.25) is 5.01 Å². The van der Waals surface area contributed by atoms with E-state index in [0.717, 1.165) is 23.5 Å². The molecule has 0 saturated carbocycles. The van der Waals surface area contributed by atoms with Crippen LogP contribution in [0.25, 0.3) is 0 Å². The van der Waals surface area contributed by atoms with Crippen molar-refractivity contribution in [3.8, 4) is 11.5 Å². The van der Waals surface area contributed by atoms with Gasteiger partial charge in [-0.15, -0.1) is 0 Å². The smallest absolute Gasteiger partial charge is 0.132 e. The Morgan fingerprint density at radius 1 is 1.19 bits per heavy atom. The molecular weight excluding hydrogens is 288 g/mol. The van der Waals surface area contributed by atoms with Crippen molar-refractivity contribution in [3.63, 3.8) is 0 Å². The van der Waals surface area contributed by atoms with Crippen LogP contribution < -0.4 is 9.75 Å².